The van der Waals surface area contributed by atoms with Gasteiger partial charge in [0.15, 0.2) is 5.78 Å². The van der Waals surface area contributed by atoms with Crippen molar-refractivity contribution in [2.24, 2.45) is 0 Å². The van der Waals surface area contributed by atoms with Crippen molar-refractivity contribution in [1.29, 1.82) is 0 Å². The van der Waals surface area contributed by atoms with Gasteiger partial charge in [-0.3, -0.25) is 4.79 Å². The first kappa shape index (κ1) is 12.9. The van der Waals surface area contributed by atoms with Crippen LogP contribution in [0, 0.1) is 18.6 Å². The molecule has 18 heavy (non-hydrogen) atoms. The molecule has 0 aliphatic carbocycles. The van der Waals surface area contributed by atoms with Crippen LogP contribution in [0.25, 0.3) is 0 Å². The van der Waals surface area contributed by atoms with Crippen LogP contribution in [0.5, 0.6) is 0 Å². The van der Waals surface area contributed by atoms with E-state index >= 15 is 0 Å². The molecule has 2 aromatic carbocycles. The first-order valence-corrected chi connectivity index (χ1v) is 6.04. The average Bonchev–Trinajstić information content (AvgIpc) is 2.34. The van der Waals surface area contributed by atoms with Gasteiger partial charge in [-0.2, -0.15) is 0 Å². The Bertz CT molecular complexity index is 570. The highest BCUT2D eigenvalue weighted by molar-refractivity contribution is 9.10. The fraction of sp³-hybridized carbons (Fsp3) is 0.0714. The number of carbonyl (C=O) groups excluding carboxylic acids is 1. The van der Waals surface area contributed by atoms with E-state index in [0.29, 0.717) is 10.0 Å². The predicted octanol–water partition coefficient (Wildman–Crippen LogP) is 4.27. The number of hydrogen-bond donors (Lipinski definition) is 0. The van der Waals surface area contributed by atoms with Crippen molar-refractivity contribution in [3.63, 3.8) is 0 Å². The SMILES string of the molecule is Cc1ccc(Br)c(C(=O)c2cc(F)ccc2F)c1. The molecular weight excluding hydrogens is 302 g/mol. The summed E-state index contributed by atoms with van der Waals surface area (Å²) in [4.78, 5) is 12.2. The molecule has 2 aromatic rings. The fourth-order valence-corrected chi connectivity index (χ4v) is 2.06. The van der Waals surface area contributed by atoms with E-state index < -0.39 is 17.4 Å². The number of benzene rings is 2. The maximum atomic E-state index is 13.5. The number of ketones is 1. The Hall–Kier alpha value is -1.55. The van der Waals surface area contributed by atoms with E-state index in [1.165, 1.54) is 0 Å². The minimum atomic E-state index is -0.727. The van der Waals surface area contributed by atoms with Gasteiger partial charge in [-0.15, -0.1) is 0 Å². The van der Waals surface area contributed by atoms with Crippen molar-refractivity contribution in [2.45, 2.75) is 6.92 Å². The highest BCUT2D eigenvalue weighted by Gasteiger charge is 2.17. The number of aryl methyl sites for hydroxylation is 1. The Labute approximate surface area is 112 Å². The van der Waals surface area contributed by atoms with E-state index in [1.54, 1.807) is 12.1 Å². The molecule has 0 saturated heterocycles. The highest BCUT2D eigenvalue weighted by Crippen LogP contribution is 2.23. The Morgan fingerprint density at radius 1 is 1.06 bits per heavy atom. The first-order valence-electron chi connectivity index (χ1n) is 5.25. The summed E-state index contributed by atoms with van der Waals surface area (Å²) in [6.07, 6.45) is 0. The summed E-state index contributed by atoms with van der Waals surface area (Å²) in [5, 5.41) is 0. The molecule has 2 rings (SSSR count). The smallest absolute Gasteiger partial charge is 0.197 e. The van der Waals surface area contributed by atoms with Crippen molar-refractivity contribution in [3.8, 4) is 0 Å². The molecule has 0 fully saturated rings. The third-order valence-electron chi connectivity index (χ3n) is 2.54. The molecule has 0 aliphatic heterocycles. The molecule has 0 saturated carbocycles. The van der Waals surface area contributed by atoms with Crippen LogP contribution in [0.4, 0.5) is 8.78 Å². The second kappa shape index (κ2) is 4.98. The largest absolute Gasteiger partial charge is 0.288 e. The molecular formula is C14H9BrF2O. The molecule has 92 valence electrons. The Kier molecular flexibility index (Phi) is 3.57. The van der Waals surface area contributed by atoms with Crippen LogP contribution in [0.2, 0.25) is 0 Å². The Morgan fingerprint density at radius 3 is 2.50 bits per heavy atom. The normalized spacial score (nSPS) is 10.4. The second-order valence-electron chi connectivity index (χ2n) is 3.94. The quantitative estimate of drug-likeness (QED) is 0.757. The van der Waals surface area contributed by atoms with Crippen molar-refractivity contribution < 1.29 is 13.6 Å². The molecule has 0 unspecified atom stereocenters. The number of hydrogen-bond acceptors (Lipinski definition) is 1. The first-order chi connectivity index (χ1) is 8.49. The molecule has 0 aromatic heterocycles. The maximum Gasteiger partial charge on any atom is 0.197 e. The maximum absolute atomic E-state index is 13.5. The zero-order chi connectivity index (χ0) is 13.3. The number of halogens is 3. The molecule has 0 heterocycles. The van der Waals surface area contributed by atoms with E-state index in [0.717, 1.165) is 23.8 Å². The van der Waals surface area contributed by atoms with E-state index in [1.807, 2.05) is 13.0 Å². The number of carbonyl (C=O) groups is 1. The molecule has 0 bridgehead atoms. The van der Waals surface area contributed by atoms with Crippen LogP contribution in [-0.2, 0) is 0 Å². The summed E-state index contributed by atoms with van der Waals surface area (Å²) < 4.78 is 27.2. The van der Waals surface area contributed by atoms with E-state index in [2.05, 4.69) is 15.9 Å². The van der Waals surface area contributed by atoms with Gasteiger partial charge in [0.1, 0.15) is 11.6 Å². The van der Waals surface area contributed by atoms with Crippen LogP contribution >= 0.6 is 15.9 Å². The predicted molar refractivity (Wildman–Crippen MR) is 68.7 cm³/mol. The van der Waals surface area contributed by atoms with E-state index in [9.17, 15) is 13.6 Å². The van der Waals surface area contributed by atoms with Crippen molar-refractivity contribution in [3.05, 3.63) is 69.2 Å². The molecule has 1 nitrogen and oxygen atoms in total. The standard InChI is InChI=1S/C14H9BrF2O/c1-8-2-4-12(15)10(6-8)14(18)11-7-9(16)3-5-13(11)17/h2-7H,1H3. The molecule has 0 atom stereocenters. The van der Waals surface area contributed by atoms with Crippen LogP contribution in [0.1, 0.15) is 21.5 Å². The summed E-state index contributed by atoms with van der Waals surface area (Å²) >= 11 is 3.23. The monoisotopic (exact) mass is 310 g/mol. The molecule has 4 heteroatoms. The molecule has 0 radical (unpaired) electrons. The molecule has 0 amide bonds. The van der Waals surface area contributed by atoms with E-state index in [4.69, 9.17) is 0 Å². The summed E-state index contributed by atoms with van der Waals surface area (Å²) in [6, 6.07) is 8.01. The lowest BCUT2D eigenvalue weighted by Crippen LogP contribution is -2.06. The van der Waals surface area contributed by atoms with Gasteiger partial charge in [0.2, 0.25) is 0 Å². The van der Waals surface area contributed by atoms with Crippen LogP contribution < -0.4 is 0 Å². The Balaban J connectivity index is 2.54. The molecule has 0 spiro atoms. The third kappa shape index (κ3) is 2.48. The zero-order valence-corrected chi connectivity index (χ0v) is 11.1. The minimum Gasteiger partial charge on any atom is -0.288 e. The summed E-state index contributed by atoms with van der Waals surface area (Å²) in [5.74, 6) is -1.90. The van der Waals surface area contributed by atoms with Crippen molar-refractivity contribution >= 4 is 21.7 Å². The lowest BCUT2D eigenvalue weighted by atomic mass is 10.0. The highest BCUT2D eigenvalue weighted by atomic mass is 79.9. The van der Waals surface area contributed by atoms with Gasteiger partial charge in [0.05, 0.1) is 5.56 Å². The van der Waals surface area contributed by atoms with Gasteiger partial charge >= 0.3 is 0 Å². The van der Waals surface area contributed by atoms with Gasteiger partial charge < -0.3 is 0 Å². The summed E-state index contributed by atoms with van der Waals surface area (Å²) in [6.45, 7) is 1.82. The summed E-state index contributed by atoms with van der Waals surface area (Å²) in [7, 11) is 0. The van der Waals surface area contributed by atoms with Crippen LogP contribution in [0.15, 0.2) is 40.9 Å². The lowest BCUT2D eigenvalue weighted by Gasteiger charge is -2.06. The van der Waals surface area contributed by atoms with Gasteiger partial charge in [0, 0.05) is 10.0 Å². The van der Waals surface area contributed by atoms with Crippen LogP contribution in [0.3, 0.4) is 0 Å². The number of rotatable bonds is 2. The zero-order valence-electron chi connectivity index (χ0n) is 9.51. The van der Waals surface area contributed by atoms with Gasteiger partial charge in [0.25, 0.3) is 0 Å². The Morgan fingerprint density at radius 2 is 1.78 bits per heavy atom. The third-order valence-corrected chi connectivity index (χ3v) is 3.23. The van der Waals surface area contributed by atoms with Crippen molar-refractivity contribution in [2.75, 3.05) is 0 Å². The van der Waals surface area contributed by atoms with Gasteiger partial charge in [-0.25, -0.2) is 8.78 Å². The van der Waals surface area contributed by atoms with E-state index in [-0.39, 0.29) is 5.56 Å². The lowest BCUT2D eigenvalue weighted by molar-refractivity contribution is 0.103. The topological polar surface area (TPSA) is 17.1 Å². The van der Waals surface area contributed by atoms with Crippen LogP contribution in [-0.4, -0.2) is 5.78 Å². The van der Waals surface area contributed by atoms with Gasteiger partial charge in [-0.1, -0.05) is 27.6 Å². The van der Waals surface area contributed by atoms with Gasteiger partial charge in [-0.05, 0) is 37.3 Å². The molecule has 0 N–H and O–H groups in total. The second-order valence-corrected chi connectivity index (χ2v) is 4.79. The fourth-order valence-electron chi connectivity index (χ4n) is 1.63. The minimum absolute atomic E-state index is 0.263. The van der Waals surface area contributed by atoms with Crippen molar-refractivity contribution in [1.82, 2.24) is 0 Å². The summed E-state index contributed by atoms with van der Waals surface area (Å²) in [5.41, 5.74) is 0.930. The molecule has 0 aliphatic rings. The average molecular weight is 311 g/mol.